The van der Waals surface area contributed by atoms with Crippen LogP contribution in [-0.4, -0.2) is 12.4 Å². The van der Waals surface area contributed by atoms with Crippen LogP contribution in [0.4, 0.5) is 17.6 Å². The molecule has 2 nitrogen and oxygen atoms in total. The minimum atomic E-state index is -4.94. The fraction of sp³-hybridized carbons (Fsp3) is 0.650. The first-order chi connectivity index (χ1) is 12.2. The molecule has 6 heteroatoms. The van der Waals surface area contributed by atoms with Crippen LogP contribution in [0, 0.1) is 17.7 Å². The van der Waals surface area contributed by atoms with Crippen molar-refractivity contribution in [1.82, 2.24) is 0 Å². The van der Waals surface area contributed by atoms with Crippen LogP contribution in [-0.2, 0) is 6.18 Å². The summed E-state index contributed by atoms with van der Waals surface area (Å²) in [6, 6.07) is 2.13. The Kier molecular flexibility index (Phi) is 7.07. The van der Waals surface area contributed by atoms with E-state index in [1.165, 1.54) is 32.6 Å². The highest BCUT2D eigenvalue weighted by atomic mass is 19.4. The first kappa shape index (κ1) is 20.7. The standard InChI is InChI=1S/C20H26F4O2/c1-3-16(25)15-10-11-17(19(21)18(15)20(22,23)24)26-12-4-5-14-8-6-13(2)7-9-14/h10-11,13-14H,3-9,12H2,1-2H3. The topological polar surface area (TPSA) is 26.3 Å². The van der Waals surface area contributed by atoms with Crippen molar-refractivity contribution in [2.75, 3.05) is 6.61 Å². The van der Waals surface area contributed by atoms with Gasteiger partial charge in [-0.25, -0.2) is 4.39 Å². The molecule has 1 aromatic rings. The second kappa shape index (κ2) is 8.87. The molecule has 2 rings (SSSR count). The molecule has 0 heterocycles. The van der Waals surface area contributed by atoms with Crippen molar-refractivity contribution in [3.8, 4) is 5.75 Å². The Labute approximate surface area is 151 Å². The Morgan fingerprint density at radius 2 is 1.85 bits per heavy atom. The van der Waals surface area contributed by atoms with E-state index in [1.54, 1.807) is 0 Å². The second-order valence-corrected chi connectivity index (χ2v) is 7.19. The van der Waals surface area contributed by atoms with Gasteiger partial charge in [0.2, 0.25) is 0 Å². The van der Waals surface area contributed by atoms with Crippen LogP contribution in [0.25, 0.3) is 0 Å². The fourth-order valence-electron chi connectivity index (χ4n) is 3.54. The monoisotopic (exact) mass is 374 g/mol. The molecule has 146 valence electrons. The van der Waals surface area contributed by atoms with Gasteiger partial charge >= 0.3 is 6.18 Å². The maximum atomic E-state index is 14.4. The van der Waals surface area contributed by atoms with Gasteiger partial charge in [-0.15, -0.1) is 0 Å². The molecule has 0 aromatic heterocycles. The van der Waals surface area contributed by atoms with Gasteiger partial charge in [-0.05, 0) is 36.8 Å². The van der Waals surface area contributed by atoms with Crippen LogP contribution >= 0.6 is 0 Å². The number of hydrogen-bond acceptors (Lipinski definition) is 2. The van der Waals surface area contributed by atoms with Gasteiger partial charge in [-0.2, -0.15) is 13.2 Å². The van der Waals surface area contributed by atoms with Gasteiger partial charge in [-0.3, -0.25) is 4.79 Å². The van der Waals surface area contributed by atoms with E-state index in [2.05, 4.69) is 6.92 Å². The molecule has 0 bridgehead atoms. The zero-order valence-corrected chi connectivity index (χ0v) is 15.3. The van der Waals surface area contributed by atoms with Gasteiger partial charge in [0.25, 0.3) is 0 Å². The number of halogens is 4. The summed E-state index contributed by atoms with van der Waals surface area (Å²) in [5.41, 5.74) is -2.16. The van der Waals surface area contributed by atoms with Crippen molar-refractivity contribution in [1.29, 1.82) is 0 Å². The summed E-state index contributed by atoms with van der Waals surface area (Å²) in [6.07, 6.45) is 1.31. The first-order valence-corrected chi connectivity index (χ1v) is 9.29. The van der Waals surface area contributed by atoms with E-state index in [-0.39, 0.29) is 13.0 Å². The number of alkyl halides is 3. The van der Waals surface area contributed by atoms with E-state index in [0.29, 0.717) is 12.3 Å². The average Bonchev–Trinajstić information content (AvgIpc) is 2.59. The minimum Gasteiger partial charge on any atom is -0.491 e. The third kappa shape index (κ3) is 5.21. The van der Waals surface area contributed by atoms with Gasteiger partial charge in [0, 0.05) is 12.0 Å². The van der Waals surface area contributed by atoms with Gasteiger partial charge in [-0.1, -0.05) is 39.5 Å². The molecule has 1 aliphatic rings. The summed E-state index contributed by atoms with van der Waals surface area (Å²) in [5, 5.41) is 0. The van der Waals surface area contributed by atoms with Crippen LogP contribution in [0.15, 0.2) is 12.1 Å². The third-order valence-corrected chi connectivity index (χ3v) is 5.16. The Hall–Kier alpha value is -1.59. The number of Topliss-reactive ketones (excluding diaryl/α,β-unsaturated/α-hetero) is 1. The van der Waals surface area contributed by atoms with Crippen molar-refractivity contribution in [3.05, 3.63) is 29.1 Å². The van der Waals surface area contributed by atoms with E-state index in [4.69, 9.17) is 4.74 Å². The summed E-state index contributed by atoms with van der Waals surface area (Å²) >= 11 is 0. The number of carbonyl (C=O) groups is 1. The highest BCUT2D eigenvalue weighted by Gasteiger charge is 2.39. The maximum Gasteiger partial charge on any atom is 0.420 e. The quantitative estimate of drug-likeness (QED) is 0.313. The number of benzene rings is 1. The first-order valence-electron chi connectivity index (χ1n) is 9.29. The largest absolute Gasteiger partial charge is 0.491 e. The summed E-state index contributed by atoms with van der Waals surface area (Å²) in [5.74, 6) is -1.29. The Morgan fingerprint density at radius 3 is 2.42 bits per heavy atom. The Balaban J connectivity index is 2.00. The molecule has 0 spiro atoms. The van der Waals surface area contributed by atoms with Crippen molar-refractivity contribution in [2.24, 2.45) is 11.8 Å². The molecule has 0 unspecified atom stereocenters. The van der Waals surface area contributed by atoms with Crippen LogP contribution in [0.5, 0.6) is 5.75 Å². The normalized spacial score (nSPS) is 20.8. The maximum absolute atomic E-state index is 14.4. The van der Waals surface area contributed by atoms with Crippen LogP contribution in [0.3, 0.4) is 0 Å². The van der Waals surface area contributed by atoms with Gasteiger partial charge < -0.3 is 4.74 Å². The molecule has 1 saturated carbocycles. The number of ketones is 1. The third-order valence-electron chi connectivity index (χ3n) is 5.16. The van der Waals surface area contributed by atoms with Crippen LogP contribution in [0.2, 0.25) is 0 Å². The smallest absolute Gasteiger partial charge is 0.420 e. The predicted molar refractivity (Wildman–Crippen MR) is 91.9 cm³/mol. The lowest BCUT2D eigenvalue weighted by atomic mass is 9.81. The molecule has 0 N–H and O–H groups in total. The zero-order valence-electron chi connectivity index (χ0n) is 15.3. The Morgan fingerprint density at radius 1 is 1.19 bits per heavy atom. The van der Waals surface area contributed by atoms with Gasteiger partial charge in [0.1, 0.15) is 5.56 Å². The molecule has 1 fully saturated rings. The molecule has 0 aliphatic heterocycles. The molecular weight excluding hydrogens is 348 g/mol. The lowest BCUT2D eigenvalue weighted by Crippen LogP contribution is -2.17. The number of hydrogen-bond donors (Lipinski definition) is 0. The van der Waals surface area contributed by atoms with Crippen molar-refractivity contribution in [2.45, 2.75) is 65.0 Å². The van der Waals surface area contributed by atoms with E-state index >= 15 is 0 Å². The summed E-state index contributed by atoms with van der Waals surface area (Å²) in [7, 11) is 0. The lowest BCUT2D eigenvalue weighted by Gasteiger charge is -2.26. The number of ether oxygens (including phenoxy) is 1. The van der Waals surface area contributed by atoms with Crippen LogP contribution in [0.1, 0.15) is 74.7 Å². The van der Waals surface area contributed by atoms with E-state index in [1.807, 2.05) is 0 Å². The fourth-order valence-corrected chi connectivity index (χ4v) is 3.54. The molecule has 0 amide bonds. The van der Waals surface area contributed by atoms with E-state index in [0.717, 1.165) is 24.5 Å². The molecule has 0 radical (unpaired) electrons. The summed E-state index contributed by atoms with van der Waals surface area (Å²) < 4.78 is 59.2. The average molecular weight is 374 g/mol. The van der Waals surface area contributed by atoms with E-state index < -0.39 is 34.7 Å². The number of rotatable bonds is 7. The molecule has 1 aliphatic carbocycles. The summed E-state index contributed by atoms with van der Waals surface area (Å²) in [6.45, 7) is 3.85. The van der Waals surface area contributed by atoms with Crippen LogP contribution < -0.4 is 4.74 Å². The zero-order chi connectivity index (χ0) is 19.3. The molecule has 0 saturated heterocycles. The number of carbonyl (C=O) groups excluding carboxylic acids is 1. The van der Waals surface area contributed by atoms with Gasteiger partial charge in [0.05, 0.1) is 6.61 Å². The van der Waals surface area contributed by atoms with Gasteiger partial charge in [0.15, 0.2) is 17.3 Å². The molecule has 1 aromatic carbocycles. The molecule has 0 atom stereocenters. The van der Waals surface area contributed by atoms with E-state index in [9.17, 15) is 22.4 Å². The Bertz CT molecular complexity index is 617. The predicted octanol–water partition coefficient (Wildman–Crippen LogP) is 6.42. The molecular formula is C20H26F4O2. The molecule has 26 heavy (non-hydrogen) atoms. The van der Waals surface area contributed by atoms with Crippen molar-refractivity contribution < 1.29 is 27.1 Å². The summed E-state index contributed by atoms with van der Waals surface area (Å²) in [4.78, 5) is 11.7. The van der Waals surface area contributed by atoms with Crippen molar-refractivity contribution >= 4 is 5.78 Å². The highest BCUT2D eigenvalue weighted by molar-refractivity contribution is 5.97. The van der Waals surface area contributed by atoms with Crippen molar-refractivity contribution in [3.63, 3.8) is 0 Å². The highest BCUT2D eigenvalue weighted by Crippen LogP contribution is 2.38. The second-order valence-electron chi connectivity index (χ2n) is 7.19. The lowest BCUT2D eigenvalue weighted by molar-refractivity contribution is -0.140. The minimum absolute atomic E-state index is 0.122. The SMILES string of the molecule is CCC(=O)c1ccc(OCCCC2CCC(C)CC2)c(F)c1C(F)(F)F.